The lowest BCUT2D eigenvalue weighted by molar-refractivity contribution is 0.641. The summed E-state index contributed by atoms with van der Waals surface area (Å²) in [5.74, 6) is 0.933. The van der Waals surface area contributed by atoms with E-state index in [0.29, 0.717) is 11.2 Å². The second-order valence-corrected chi connectivity index (χ2v) is 4.38. The summed E-state index contributed by atoms with van der Waals surface area (Å²) < 4.78 is 0. The van der Waals surface area contributed by atoms with Crippen molar-refractivity contribution in [2.45, 2.75) is 32.2 Å². The zero-order valence-electron chi connectivity index (χ0n) is 8.20. The first-order chi connectivity index (χ1) is 6.74. The number of nitrogens with one attached hydrogen (secondary N) is 1. The Morgan fingerprint density at radius 3 is 3.07 bits per heavy atom. The van der Waals surface area contributed by atoms with Crippen molar-refractivity contribution >= 4 is 17.3 Å². The van der Waals surface area contributed by atoms with E-state index in [1.807, 2.05) is 0 Å². The Bertz CT molecular complexity index is 312. The third-order valence-corrected chi connectivity index (χ3v) is 2.61. The average Bonchev–Trinajstić information content (AvgIpc) is 2.87. The predicted molar refractivity (Wildman–Crippen MR) is 57.5 cm³/mol. The molecular formula is C10H14ClN3. The lowest BCUT2D eigenvalue weighted by Crippen LogP contribution is -2.15. The molecule has 1 fully saturated rings. The zero-order valence-corrected chi connectivity index (χ0v) is 8.96. The minimum absolute atomic E-state index is 0.439. The predicted octanol–water partition coefficient (Wildman–Crippen LogP) is 2.73. The number of rotatable bonds is 4. The highest BCUT2D eigenvalue weighted by Gasteiger charge is 2.23. The second-order valence-electron chi connectivity index (χ2n) is 3.99. The molecule has 14 heavy (non-hydrogen) atoms. The molecule has 0 spiro atoms. The molecular weight excluding hydrogens is 198 g/mol. The van der Waals surface area contributed by atoms with Gasteiger partial charge >= 0.3 is 0 Å². The van der Waals surface area contributed by atoms with Gasteiger partial charge in [0, 0.05) is 12.1 Å². The third-order valence-electron chi connectivity index (χ3n) is 2.42. The molecule has 1 N–H and O–H groups in total. The van der Waals surface area contributed by atoms with Crippen molar-refractivity contribution in [3.05, 3.63) is 17.4 Å². The van der Waals surface area contributed by atoms with Gasteiger partial charge in [0.2, 0.25) is 0 Å². The van der Waals surface area contributed by atoms with Gasteiger partial charge in [-0.25, -0.2) is 0 Å². The van der Waals surface area contributed by atoms with Gasteiger partial charge in [0.15, 0.2) is 5.15 Å². The van der Waals surface area contributed by atoms with Crippen LogP contribution in [0.3, 0.4) is 0 Å². The van der Waals surface area contributed by atoms with Gasteiger partial charge < -0.3 is 5.32 Å². The molecule has 0 saturated heterocycles. The highest BCUT2D eigenvalue weighted by Crippen LogP contribution is 2.34. The molecule has 0 amide bonds. The Morgan fingerprint density at radius 1 is 1.64 bits per heavy atom. The third kappa shape index (κ3) is 2.84. The summed E-state index contributed by atoms with van der Waals surface area (Å²) in [6.07, 6.45) is 5.72. The number of hydrogen-bond donors (Lipinski definition) is 1. The van der Waals surface area contributed by atoms with Crippen molar-refractivity contribution in [2.75, 3.05) is 5.32 Å². The van der Waals surface area contributed by atoms with E-state index < -0.39 is 0 Å². The van der Waals surface area contributed by atoms with E-state index in [-0.39, 0.29) is 0 Å². The van der Waals surface area contributed by atoms with Gasteiger partial charge in [-0.2, -0.15) is 5.10 Å². The molecule has 1 aromatic rings. The molecule has 1 saturated carbocycles. The molecule has 3 nitrogen and oxygen atoms in total. The average molecular weight is 212 g/mol. The molecule has 1 atom stereocenters. The highest BCUT2D eigenvalue weighted by atomic mass is 35.5. The molecule has 0 aliphatic heterocycles. The van der Waals surface area contributed by atoms with Gasteiger partial charge in [-0.15, -0.1) is 5.10 Å². The van der Waals surface area contributed by atoms with Crippen LogP contribution in [0.15, 0.2) is 12.3 Å². The van der Waals surface area contributed by atoms with Crippen molar-refractivity contribution in [3.8, 4) is 0 Å². The first-order valence-corrected chi connectivity index (χ1v) is 5.36. The van der Waals surface area contributed by atoms with Gasteiger partial charge in [-0.1, -0.05) is 24.4 Å². The number of anilines is 1. The fraction of sp³-hybridized carbons (Fsp3) is 0.600. The maximum Gasteiger partial charge on any atom is 0.153 e. The van der Waals surface area contributed by atoms with Gasteiger partial charge in [0.05, 0.1) is 11.9 Å². The molecule has 0 bridgehead atoms. The normalized spacial score (nSPS) is 17.9. The van der Waals surface area contributed by atoms with Gasteiger partial charge in [0.1, 0.15) is 0 Å². The maximum absolute atomic E-state index is 5.73. The monoisotopic (exact) mass is 211 g/mol. The lowest BCUT2D eigenvalue weighted by Gasteiger charge is -2.13. The van der Waals surface area contributed by atoms with Crippen LogP contribution < -0.4 is 5.32 Å². The summed E-state index contributed by atoms with van der Waals surface area (Å²) in [6.45, 7) is 2.19. The Hall–Kier alpha value is -0.830. The van der Waals surface area contributed by atoms with E-state index in [9.17, 15) is 0 Å². The van der Waals surface area contributed by atoms with E-state index >= 15 is 0 Å². The first kappa shape index (κ1) is 9.71. The van der Waals surface area contributed by atoms with Crippen LogP contribution >= 0.6 is 11.6 Å². The summed E-state index contributed by atoms with van der Waals surface area (Å²) >= 11 is 5.73. The summed E-state index contributed by atoms with van der Waals surface area (Å²) in [6, 6.07) is 2.29. The van der Waals surface area contributed by atoms with Crippen molar-refractivity contribution in [1.82, 2.24) is 10.2 Å². The quantitative estimate of drug-likeness (QED) is 0.832. The second kappa shape index (κ2) is 4.13. The van der Waals surface area contributed by atoms with Crippen LogP contribution in [-0.2, 0) is 0 Å². The fourth-order valence-corrected chi connectivity index (χ4v) is 1.78. The van der Waals surface area contributed by atoms with E-state index in [4.69, 9.17) is 11.6 Å². The maximum atomic E-state index is 5.73. The molecule has 0 radical (unpaired) electrons. The highest BCUT2D eigenvalue weighted by molar-refractivity contribution is 6.29. The largest absolute Gasteiger partial charge is 0.381 e. The van der Waals surface area contributed by atoms with Gasteiger partial charge in [0.25, 0.3) is 0 Å². The van der Waals surface area contributed by atoms with Crippen LogP contribution in [0.2, 0.25) is 5.15 Å². The number of aromatic nitrogens is 2. The summed E-state index contributed by atoms with van der Waals surface area (Å²) in [4.78, 5) is 0. The molecule has 76 valence electrons. The number of halogens is 1. The van der Waals surface area contributed by atoms with Crippen molar-refractivity contribution in [2.24, 2.45) is 5.92 Å². The van der Waals surface area contributed by atoms with Crippen LogP contribution in [-0.4, -0.2) is 16.2 Å². The van der Waals surface area contributed by atoms with Crippen molar-refractivity contribution in [1.29, 1.82) is 0 Å². The molecule has 1 aliphatic rings. The summed E-state index contributed by atoms with van der Waals surface area (Å²) in [7, 11) is 0. The Balaban J connectivity index is 1.88. The van der Waals surface area contributed by atoms with E-state index in [1.54, 1.807) is 12.3 Å². The number of nitrogens with zero attached hydrogens (tertiary/aromatic N) is 2. The minimum Gasteiger partial charge on any atom is -0.381 e. The zero-order chi connectivity index (χ0) is 9.97. The Kier molecular flexibility index (Phi) is 2.87. The minimum atomic E-state index is 0.439. The topological polar surface area (TPSA) is 37.8 Å². The summed E-state index contributed by atoms with van der Waals surface area (Å²) in [5.41, 5.74) is 0.957. The molecule has 1 unspecified atom stereocenters. The fourth-order valence-electron chi connectivity index (χ4n) is 1.62. The Labute approximate surface area is 88.9 Å². The summed E-state index contributed by atoms with van der Waals surface area (Å²) in [5, 5.41) is 11.3. The van der Waals surface area contributed by atoms with Crippen LogP contribution in [0.4, 0.5) is 5.69 Å². The van der Waals surface area contributed by atoms with Crippen LogP contribution in [0.5, 0.6) is 0 Å². The lowest BCUT2D eigenvalue weighted by atomic mass is 10.1. The van der Waals surface area contributed by atoms with Gasteiger partial charge in [-0.05, 0) is 19.3 Å². The molecule has 1 heterocycles. The van der Waals surface area contributed by atoms with E-state index in [0.717, 1.165) is 11.6 Å². The molecule has 2 rings (SSSR count). The van der Waals surface area contributed by atoms with Gasteiger partial charge in [-0.3, -0.25) is 0 Å². The van der Waals surface area contributed by atoms with Crippen molar-refractivity contribution < 1.29 is 0 Å². The first-order valence-electron chi connectivity index (χ1n) is 4.99. The Morgan fingerprint density at radius 2 is 2.43 bits per heavy atom. The standard InChI is InChI=1S/C10H14ClN3/c1-7(4-8-2-3-8)13-9-5-10(11)14-12-6-9/h5-8H,2-4H2,1H3,(H,13,14). The van der Waals surface area contributed by atoms with Crippen molar-refractivity contribution in [3.63, 3.8) is 0 Å². The molecule has 1 aliphatic carbocycles. The van der Waals surface area contributed by atoms with Crippen LogP contribution in [0, 0.1) is 5.92 Å². The molecule has 0 aromatic carbocycles. The number of hydrogen-bond acceptors (Lipinski definition) is 3. The SMILES string of the molecule is CC(CC1CC1)Nc1cnnc(Cl)c1. The van der Waals surface area contributed by atoms with Crippen LogP contribution in [0.25, 0.3) is 0 Å². The van der Waals surface area contributed by atoms with Crippen LogP contribution in [0.1, 0.15) is 26.2 Å². The molecule has 4 heteroatoms. The smallest absolute Gasteiger partial charge is 0.153 e. The van der Waals surface area contributed by atoms with E-state index in [2.05, 4.69) is 22.4 Å². The molecule has 1 aromatic heterocycles. The van der Waals surface area contributed by atoms with E-state index in [1.165, 1.54) is 19.3 Å².